The van der Waals surface area contributed by atoms with E-state index < -0.39 is 5.60 Å². The quantitative estimate of drug-likeness (QED) is 0.0798. The van der Waals surface area contributed by atoms with Crippen molar-refractivity contribution in [3.63, 3.8) is 0 Å². The first kappa shape index (κ1) is 44.2. The fraction of sp³-hybridized carbons (Fsp3) is 0.375. The van der Waals surface area contributed by atoms with Crippen LogP contribution in [0.5, 0.6) is 0 Å². The smallest absolute Gasteiger partial charge is 0.410 e. The second-order valence-electron chi connectivity index (χ2n) is 16.1. The van der Waals surface area contributed by atoms with Crippen LogP contribution in [-0.4, -0.2) is 77.6 Å². The number of carbonyl (C=O) groups is 4. The molecule has 4 aromatic carbocycles. The van der Waals surface area contributed by atoms with Crippen molar-refractivity contribution in [2.24, 2.45) is 0 Å². The van der Waals surface area contributed by atoms with Gasteiger partial charge >= 0.3 is 12.1 Å². The molecule has 0 fully saturated rings. The minimum Gasteiger partial charge on any atom is -0.465 e. The summed E-state index contributed by atoms with van der Waals surface area (Å²) >= 11 is 0. The number of nitrogens with zero attached hydrogens (tertiary/aromatic N) is 2. The molecule has 0 saturated heterocycles. The number of hydrogen-bond acceptors (Lipinski definition) is 7. The third kappa shape index (κ3) is 12.3. The van der Waals surface area contributed by atoms with Gasteiger partial charge in [0.15, 0.2) is 0 Å². The van der Waals surface area contributed by atoms with Gasteiger partial charge in [-0.1, -0.05) is 61.9 Å². The number of aromatic nitrogens is 1. The normalized spacial score (nSPS) is 11.5. The van der Waals surface area contributed by atoms with Gasteiger partial charge in [-0.2, -0.15) is 0 Å². The number of benzene rings is 4. The molecule has 5 rings (SSSR count). The zero-order valence-corrected chi connectivity index (χ0v) is 35.7. The van der Waals surface area contributed by atoms with E-state index in [2.05, 4.69) is 34.4 Å². The fourth-order valence-corrected chi connectivity index (χ4v) is 7.14. The minimum atomic E-state index is -0.572. The van der Waals surface area contributed by atoms with Crippen LogP contribution in [0.4, 0.5) is 16.3 Å². The van der Waals surface area contributed by atoms with Crippen LogP contribution in [0, 0.1) is 6.92 Å². The van der Waals surface area contributed by atoms with Crippen LogP contribution in [0.15, 0.2) is 91.0 Å². The molecule has 0 aliphatic heterocycles. The standard InChI is InChI=1S/C48H59N5O6/c1-9-39(10-2)53(28-27-52(7)47(57)59-48(4,5)6)31-35-15-12-16-37(30-35)44(54)51-43-42(40-29-32(3)17-26-41(40)50-43)45(55)49-38-24-20-34(21-25-38)14-11-13-33-18-22-36(23-19-33)46(56)58-8/h12,15-26,29-30,39,50H,9-11,13-14,27-28,31H2,1-8H3,(H,49,55)(H,51,54). The molecule has 11 heteroatoms. The van der Waals surface area contributed by atoms with Gasteiger partial charge < -0.3 is 30.0 Å². The Hall–Kier alpha value is -5.94. The van der Waals surface area contributed by atoms with Crippen molar-refractivity contribution in [1.82, 2.24) is 14.8 Å². The van der Waals surface area contributed by atoms with E-state index in [-0.39, 0.29) is 29.9 Å². The number of anilines is 2. The van der Waals surface area contributed by atoms with Gasteiger partial charge in [0.05, 0.1) is 18.2 Å². The molecule has 0 aliphatic rings. The van der Waals surface area contributed by atoms with Crippen molar-refractivity contribution in [1.29, 1.82) is 0 Å². The number of methoxy groups -OCH3 is 1. The minimum absolute atomic E-state index is 0.289. The molecule has 1 heterocycles. The predicted octanol–water partition coefficient (Wildman–Crippen LogP) is 9.80. The molecule has 0 unspecified atom stereocenters. The Balaban J connectivity index is 1.26. The van der Waals surface area contributed by atoms with Gasteiger partial charge in [0.1, 0.15) is 11.4 Å². The highest BCUT2D eigenvalue weighted by Gasteiger charge is 2.24. The molecule has 312 valence electrons. The Morgan fingerprint density at radius 3 is 2.05 bits per heavy atom. The highest BCUT2D eigenvalue weighted by atomic mass is 16.6. The van der Waals surface area contributed by atoms with Crippen molar-refractivity contribution < 1.29 is 28.7 Å². The maximum absolute atomic E-state index is 14.0. The lowest BCUT2D eigenvalue weighted by molar-refractivity contribution is 0.0269. The third-order valence-corrected chi connectivity index (χ3v) is 10.4. The van der Waals surface area contributed by atoms with Gasteiger partial charge in [-0.25, -0.2) is 9.59 Å². The van der Waals surface area contributed by atoms with E-state index >= 15 is 0 Å². The second kappa shape index (κ2) is 20.2. The summed E-state index contributed by atoms with van der Waals surface area (Å²) in [7, 11) is 3.13. The molecule has 0 bridgehead atoms. The number of H-pyrrole nitrogens is 1. The highest BCUT2D eigenvalue weighted by molar-refractivity contribution is 6.19. The molecule has 0 radical (unpaired) electrons. The van der Waals surface area contributed by atoms with Crippen LogP contribution in [0.25, 0.3) is 10.9 Å². The van der Waals surface area contributed by atoms with E-state index in [0.29, 0.717) is 53.2 Å². The average molecular weight is 802 g/mol. The summed E-state index contributed by atoms with van der Waals surface area (Å²) in [5, 5.41) is 6.76. The van der Waals surface area contributed by atoms with Gasteiger partial charge in [-0.05, 0) is 125 Å². The maximum Gasteiger partial charge on any atom is 0.410 e. The molecule has 3 amide bonds. The van der Waals surface area contributed by atoms with E-state index in [9.17, 15) is 19.2 Å². The number of rotatable bonds is 17. The van der Waals surface area contributed by atoms with Crippen LogP contribution in [0.3, 0.4) is 0 Å². The van der Waals surface area contributed by atoms with Crippen molar-refractivity contribution in [2.45, 2.75) is 91.8 Å². The summed E-state index contributed by atoms with van der Waals surface area (Å²) in [5.74, 6) is -0.710. The average Bonchev–Trinajstić information content (AvgIpc) is 3.57. The second-order valence-corrected chi connectivity index (χ2v) is 16.1. The molecular weight excluding hydrogens is 743 g/mol. The number of likely N-dealkylation sites (N-methyl/N-ethyl adjacent to an activating group) is 1. The van der Waals surface area contributed by atoms with Crippen LogP contribution in [0.2, 0.25) is 0 Å². The Morgan fingerprint density at radius 2 is 1.42 bits per heavy atom. The number of amides is 3. The molecule has 0 spiro atoms. The summed E-state index contributed by atoms with van der Waals surface area (Å²) in [6, 6.07) is 28.9. The Labute approximate surface area is 348 Å². The molecule has 11 nitrogen and oxygen atoms in total. The molecule has 3 N–H and O–H groups in total. The Bertz CT molecular complexity index is 2220. The number of fused-ring (bicyclic) bond motifs is 1. The van der Waals surface area contributed by atoms with Crippen LogP contribution < -0.4 is 10.6 Å². The SMILES string of the molecule is CCC(CC)N(CCN(C)C(=O)OC(C)(C)C)Cc1cccc(C(=O)Nc2[nH]c3ccc(C)cc3c2C(=O)Nc2ccc(CCCc3ccc(C(=O)OC)cc3)cc2)c1. The van der Waals surface area contributed by atoms with Gasteiger partial charge in [0.2, 0.25) is 0 Å². The van der Waals surface area contributed by atoms with Crippen LogP contribution in [0.1, 0.15) is 107 Å². The van der Waals surface area contributed by atoms with Crippen LogP contribution in [-0.2, 0) is 28.9 Å². The number of esters is 1. The van der Waals surface area contributed by atoms with Gasteiger partial charge in [0.25, 0.3) is 11.8 Å². The molecule has 0 atom stereocenters. The van der Waals surface area contributed by atoms with Gasteiger partial charge in [0, 0.05) is 54.9 Å². The van der Waals surface area contributed by atoms with Crippen molar-refractivity contribution in [3.05, 3.63) is 130 Å². The van der Waals surface area contributed by atoms with Gasteiger partial charge in [-0.3, -0.25) is 14.5 Å². The zero-order chi connectivity index (χ0) is 42.7. The summed E-state index contributed by atoms with van der Waals surface area (Å²) in [5.41, 5.74) is 6.39. The predicted molar refractivity (Wildman–Crippen MR) is 235 cm³/mol. The largest absolute Gasteiger partial charge is 0.465 e. The van der Waals surface area contributed by atoms with E-state index in [1.807, 2.05) is 100 Å². The molecule has 0 aliphatic carbocycles. The lowest BCUT2D eigenvalue weighted by Gasteiger charge is -2.32. The molecule has 59 heavy (non-hydrogen) atoms. The number of aromatic amines is 1. The molecule has 5 aromatic rings. The molecular formula is C48H59N5O6. The van der Waals surface area contributed by atoms with Crippen molar-refractivity contribution in [3.8, 4) is 0 Å². The van der Waals surface area contributed by atoms with E-state index in [4.69, 9.17) is 9.47 Å². The maximum atomic E-state index is 14.0. The summed E-state index contributed by atoms with van der Waals surface area (Å²) in [6.45, 7) is 13.6. The molecule has 1 aromatic heterocycles. The highest BCUT2D eigenvalue weighted by Crippen LogP contribution is 2.29. The zero-order valence-electron chi connectivity index (χ0n) is 35.7. The Kier molecular flexibility index (Phi) is 15.1. The summed E-state index contributed by atoms with van der Waals surface area (Å²) in [4.78, 5) is 59.5. The number of hydrogen-bond donors (Lipinski definition) is 3. The number of ether oxygens (including phenoxy) is 2. The van der Waals surface area contributed by atoms with E-state index in [0.717, 1.165) is 59.9 Å². The van der Waals surface area contributed by atoms with Gasteiger partial charge in [-0.15, -0.1) is 0 Å². The van der Waals surface area contributed by atoms with Crippen molar-refractivity contribution in [2.75, 3.05) is 37.9 Å². The number of aryl methyl sites for hydroxylation is 3. The monoisotopic (exact) mass is 801 g/mol. The summed E-state index contributed by atoms with van der Waals surface area (Å²) < 4.78 is 10.3. The lowest BCUT2D eigenvalue weighted by atomic mass is 10.0. The molecule has 0 saturated carbocycles. The fourth-order valence-electron chi connectivity index (χ4n) is 7.14. The first-order chi connectivity index (χ1) is 28.2. The number of nitrogens with one attached hydrogen (secondary N) is 3. The first-order valence-electron chi connectivity index (χ1n) is 20.5. The lowest BCUT2D eigenvalue weighted by Crippen LogP contribution is -2.42. The number of carbonyl (C=O) groups excluding carboxylic acids is 4. The Morgan fingerprint density at radius 1 is 0.763 bits per heavy atom. The van der Waals surface area contributed by atoms with E-state index in [1.165, 1.54) is 7.11 Å². The van der Waals surface area contributed by atoms with Crippen molar-refractivity contribution >= 4 is 46.3 Å². The first-order valence-corrected chi connectivity index (χ1v) is 20.5. The van der Waals surface area contributed by atoms with Crippen LogP contribution >= 0.6 is 0 Å². The third-order valence-electron chi connectivity index (χ3n) is 10.4. The van der Waals surface area contributed by atoms with E-state index in [1.54, 1.807) is 30.1 Å². The summed E-state index contributed by atoms with van der Waals surface area (Å²) in [6.07, 6.45) is 4.17. The topological polar surface area (TPSA) is 133 Å².